The lowest BCUT2D eigenvalue weighted by molar-refractivity contribution is -0.114. The Morgan fingerprint density at radius 3 is 2.77 bits per heavy atom. The molecular weight excluding hydrogens is 413 g/mol. The van der Waals surface area contributed by atoms with Gasteiger partial charge in [-0.15, -0.1) is 5.10 Å². The number of hydrogen-bond donors (Lipinski definition) is 2. The molecule has 31 heavy (non-hydrogen) atoms. The number of halogens is 1. The van der Waals surface area contributed by atoms with Gasteiger partial charge in [-0.25, -0.2) is 9.07 Å². The summed E-state index contributed by atoms with van der Waals surface area (Å²) in [6, 6.07) is 14.3. The maximum atomic E-state index is 14.0. The third-order valence-electron chi connectivity index (χ3n) is 5.44. The second kappa shape index (κ2) is 7.70. The predicted octanol–water partition coefficient (Wildman–Crippen LogP) is 5.07. The molecule has 1 atom stereocenters. The van der Waals surface area contributed by atoms with Gasteiger partial charge in [0.1, 0.15) is 11.9 Å². The van der Waals surface area contributed by atoms with E-state index in [4.69, 9.17) is 5.10 Å². The number of H-pyrrole nitrogens is 1. The Balaban J connectivity index is 1.56. The molecule has 0 radical (unpaired) electrons. The zero-order valence-electron chi connectivity index (χ0n) is 17.0. The number of anilines is 1. The number of thioether (sulfide) groups is 1. The van der Waals surface area contributed by atoms with Gasteiger partial charge in [-0.05, 0) is 31.5 Å². The van der Waals surface area contributed by atoms with Crippen molar-refractivity contribution in [2.45, 2.75) is 30.8 Å². The first-order valence-electron chi connectivity index (χ1n) is 9.90. The zero-order valence-corrected chi connectivity index (χ0v) is 17.8. The minimum absolute atomic E-state index is 0.0259. The summed E-state index contributed by atoms with van der Waals surface area (Å²) in [4.78, 5) is 20.5. The van der Waals surface area contributed by atoms with Crippen molar-refractivity contribution in [3.8, 4) is 0 Å². The Bertz CT molecular complexity index is 1340. The average molecular weight is 434 g/mol. The van der Waals surface area contributed by atoms with Crippen molar-refractivity contribution < 1.29 is 9.18 Å². The fourth-order valence-electron chi connectivity index (χ4n) is 4.01. The molecule has 2 aromatic heterocycles. The SMILES string of the molecule is CC(=O)C1=C(C)Nc2nc(SCc3ccccc3F)nn2C1c1c[nH]c2ccccc12. The molecule has 2 N–H and O–H groups in total. The summed E-state index contributed by atoms with van der Waals surface area (Å²) < 4.78 is 15.7. The smallest absolute Gasteiger partial charge is 0.227 e. The van der Waals surface area contributed by atoms with Gasteiger partial charge in [-0.2, -0.15) is 4.98 Å². The number of aromatic amines is 1. The highest BCUT2D eigenvalue weighted by Gasteiger charge is 2.34. The molecule has 1 aliphatic rings. The number of ketones is 1. The van der Waals surface area contributed by atoms with E-state index < -0.39 is 6.04 Å². The van der Waals surface area contributed by atoms with Crippen molar-refractivity contribution >= 4 is 34.4 Å². The van der Waals surface area contributed by atoms with Crippen LogP contribution < -0.4 is 5.32 Å². The highest BCUT2D eigenvalue weighted by molar-refractivity contribution is 7.98. The van der Waals surface area contributed by atoms with Crippen LogP contribution in [0.15, 0.2) is 71.2 Å². The Morgan fingerprint density at radius 1 is 1.19 bits per heavy atom. The molecule has 8 heteroatoms. The summed E-state index contributed by atoms with van der Waals surface area (Å²) in [6.07, 6.45) is 1.93. The average Bonchev–Trinajstić information content (AvgIpc) is 3.35. The van der Waals surface area contributed by atoms with Gasteiger partial charge in [-0.1, -0.05) is 48.2 Å². The minimum Gasteiger partial charge on any atom is -0.361 e. The monoisotopic (exact) mass is 433 g/mol. The number of carbonyl (C=O) groups excluding carboxylic acids is 1. The van der Waals surface area contributed by atoms with Crippen LogP contribution >= 0.6 is 11.8 Å². The van der Waals surface area contributed by atoms with E-state index in [0.29, 0.717) is 28.0 Å². The van der Waals surface area contributed by atoms with E-state index in [2.05, 4.69) is 15.3 Å². The zero-order chi connectivity index (χ0) is 21.5. The summed E-state index contributed by atoms with van der Waals surface area (Å²) in [5, 5.41) is 9.45. The predicted molar refractivity (Wildman–Crippen MR) is 119 cm³/mol. The normalized spacial score (nSPS) is 15.8. The highest BCUT2D eigenvalue weighted by Crippen LogP contribution is 2.39. The second-order valence-corrected chi connectivity index (χ2v) is 8.40. The number of allylic oxidation sites excluding steroid dienone is 2. The first-order valence-corrected chi connectivity index (χ1v) is 10.9. The summed E-state index contributed by atoms with van der Waals surface area (Å²) in [5.74, 6) is 0.709. The second-order valence-electron chi connectivity index (χ2n) is 7.45. The number of fused-ring (bicyclic) bond motifs is 2. The largest absolute Gasteiger partial charge is 0.361 e. The number of para-hydroxylation sites is 1. The quantitative estimate of drug-likeness (QED) is 0.430. The Kier molecular flexibility index (Phi) is 4.86. The number of benzene rings is 2. The van der Waals surface area contributed by atoms with Crippen molar-refractivity contribution in [2.75, 3.05) is 5.32 Å². The molecule has 4 aromatic rings. The van der Waals surface area contributed by atoms with Gasteiger partial charge in [0.2, 0.25) is 11.1 Å². The van der Waals surface area contributed by atoms with Crippen LogP contribution in [0.5, 0.6) is 0 Å². The van der Waals surface area contributed by atoms with Crippen molar-refractivity contribution in [1.29, 1.82) is 0 Å². The maximum Gasteiger partial charge on any atom is 0.227 e. The van der Waals surface area contributed by atoms with E-state index in [-0.39, 0.29) is 11.6 Å². The topological polar surface area (TPSA) is 75.6 Å². The summed E-state index contributed by atoms with van der Waals surface area (Å²) in [6.45, 7) is 3.45. The first kappa shape index (κ1) is 19.6. The molecule has 0 fully saturated rings. The number of nitrogens with zero attached hydrogens (tertiary/aromatic N) is 3. The molecule has 1 aliphatic heterocycles. The molecular formula is C23H20FN5OS. The molecule has 0 saturated heterocycles. The molecule has 0 aliphatic carbocycles. The summed E-state index contributed by atoms with van der Waals surface area (Å²) >= 11 is 1.36. The van der Waals surface area contributed by atoms with Crippen LogP contribution in [0.2, 0.25) is 0 Å². The molecule has 0 spiro atoms. The molecule has 3 heterocycles. The summed E-state index contributed by atoms with van der Waals surface area (Å²) in [7, 11) is 0. The van der Waals surface area contributed by atoms with Crippen molar-refractivity contribution in [3.05, 3.63) is 82.9 Å². The van der Waals surface area contributed by atoms with E-state index in [9.17, 15) is 9.18 Å². The fraction of sp³-hybridized carbons (Fsp3) is 0.174. The third kappa shape index (κ3) is 3.42. The Hall–Kier alpha value is -3.39. The standard InChI is InChI=1S/C23H20FN5OS/c1-13-20(14(2)30)21(17-11-25-19-10-6-4-8-16(17)19)29-22(26-13)27-23(28-29)31-12-15-7-3-5-9-18(15)24/h3-11,21,25H,12H2,1-2H3,(H,26,27,28). The Morgan fingerprint density at radius 2 is 1.97 bits per heavy atom. The van der Waals surface area contributed by atoms with Crippen LogP contribution in [0.25, 0.3) is 10.9 Å². The molecule has 156 valence electrons. The van der Waals surface area contributed by atoms with E-state index >= 15 is 0 Å². The number of Topliss-reactive ketones (excluding diaryl/α,β-unsaturated/α-hetero) is 1. The van der Waals surface area contributed by atoms with E-state index in [1.54, 1.807) is 23.7 Å². The van der Waals surface area contributed by atoms with Crippen LogP contribution in [0, 0.1) is 5.82 Å². The van der Waals surface area contributed by atoms with Gasteiger partial charge in [0, 0.05) is 39.7 Å². The van der Waals surface area contributed by atoms with Crippen LogP contribution in [-0.4, -0.2) is 25.5 Å². The van der Waals surface area contributed by atoms with E-state index in [1.807, 2.05) is 43.5 Å². The van der Waals surface area contributed by atoms with Gasteiger partial charge in [0.15, 0.2) is 5.78 Å². The minimum atomic E-state index is -0.403. The van der Waals surface area contributed by atoms with Gasteiger partial charge >= 0.3 is 0 Å². The molecule has 0 amide bonds. The molecule has 6 nitrogen and oxygen atoms in total. The van der Waals surface area contributed by atoms with E-state index in [1.165, 1.54) is 17.8 Å². The van der Waals surface area contributed by atoms with Crippen LogP contribution in [0.3, 0.4) is 0 Å². The molecule has 5 rings (SSSR count). The first-order chi connectivity index (χ1) is 15.0. The van der Waals surface area contributed by atoms with Gasteiger partial charge < -0.3 is 10.3 Å². The molecule has 0 saturated carbocycles. The number of hydrogen-bond acceptors (Lipinski definition) is 5. The third-order valence-corrected chi connectivity index (χ3v) is 6.33. The Labute approximate surface area is 182 Å². The van der Waals surface area contributed by atoms with Crippen LogP contribution in [-0.2, 0) is 10.5 Å². The fourth-order valence-corrected chi connectivity index (χ4v) is 4.83. The van der Waals surface area contributed by atoms with Crippen LogP contribution in [0.1, 0.15) is 31.0 Å². The van der Waals surface area contributed by atoms with Crippen molar-refractivity contribution in [2.24, 2.45) is 0 Å². The lowest BCUT2D eigenvalue weighted by Gasteiger charge is -2.27. The van der Waals surface area contributed by atoms with Crippen molar-refractivity contribution in [3.63, 3.8) is 0 Å². The molecule has 2 aromatic carbocycles. The number of aromatic nitrogens is 4. The number of carbonyl (C=O) groups is 1. The van der Waals surface area contributed by atoms with Gasteiger partial charge in [0.05, 0.1) is 0 Å². The van der Waals surface area contributed by atoms with Crippen LogP contribution in [0.4, 0.5) is 10.3 Å². The highest BCUT2D eigenvalue weighted by atomic mass is 32.2. The summed E-state index contributed by atoms with van der Waals surface area (Å²) in [5.41, 5.74) is 3.95. The van der Waals surface area contributed by atoms with Gasteiger partial charge in [-0.3, -0.25) is 4.79 Å². The lowest BCUT2D eigenvalue weighted by Crippen LogP contribution is -2.27. The van der Waals surface area contributed by atoms with E-state index in [0.717, 1.165) is 22.2 Å². The molecule has 0 bridgehead atoms. The number of nitrogens with one attached hydrogen (secondary N) is 2. The van der Waals surface area contributed by atoms with Gasteiger partial charge in [0.25, 0.3) is 0 Å². The number of rotatable bonds is 5. The lowest BCUT2D eigenvalue weighted by atomic mass is 9.93. The molecule has 1 unspecified atom stereocenters. The van der Waals surface area contributed by atoms with Crippen molar-refractivity contribution in [1.82, 2.24) is 19.7 Å². The maximum absolute atomic E-state index is 14.0.